The zero-order valence-corrected chi connectivity index (χ0v) is 17.1. The number of piperidine rings is 1. The van der Waals surface area contributed by atoms with Gasteiger partial charge >= 0.3 is 0 Å². The van der Waals surface area contributed by atoms with Crippen molar-refractivity contribution in [2.24, 2.45) is 5.92 Å². The molecule has 2 fully saturated rings. The maximum absolute atomic E-state index is 14.5. The second-order valence-electron chi connectivity index (χ2n) is 7.05. The molecule has 0 saturated carbocycles. The minimum absolute atomic E-state index is 0. The minimum atomic E-state index is -3.74. The van der Waals surface area contributed by atoms with Crippen molar-refractivity contribution >= 4 is 28.3 Å². The van der Waals surface area contributed by atoms with Gasteiger partial charge in [0.25, 0.3) is 5.91 Å². The lowest BCUT2D eigenvalue weighted by Gasteiger charge is -2.31. The van der Waals surface area contributed by atoms with Crippen molar-refractivity contribution in [2.45, 2.75) is 30.6 Å². The van der Waals surface area contributed by atoms with Gasteiger partial charge in [0.1, 0.15) is 5.82 Å². The van der Waals surface area contributed by atoms with E-state index in [4.69, 9.17) is 0 Å². The molecule has 0 radical (unpaired) electrons. The number of halogens is 2. The average Bonchev–Trinajstić information content (AvgIpc) is 3.16. The number of carbonyl (C=O) groups is 1. The Labute approximate surface area is 166 Å². The van der Waals surface area contributed by atoms with Crippen LogP contribution in [-0.4, -0.2) is 63.3 Å². The van der Waals surface area contributed by atoms with Crippen molar-refractivity contribution in [3.8, 4) is 0 Å². The van der Waals surface area contributed by atoms with Crippen LogP contribution in [0.4, 0.5) is 4.39 Å². The van der Waals surface area contributed by atoms with Crippen LogP contribution in [0.5, 0.6) is 0 Å². The number of likely N-dealkylation sites (tertiary alicyclic amines) is 1. The number of hydrogen-bond acceptors (Lipinski definition) is 4. The van der Waals surface area contributed by atoms with Crippen LogP contribution in [0.3, 0.4) is 0 Å². The maximum Gasteiger partial charge on any atom is 0.256 e. The summed E-state index contributed by atoms with van der Waals surface area (Å²) in [6.07, 6.45) is 3.41. The molecule has 1 aromatic carbocycles. The van der Waals surface area contributed by atoms with Gasteiger partial charge in [-0.05, 0) is 63.4 Å². The van der Waals surface area contributed by atoms with E-state index in [0.717, 1.165) is 38.3 Å². The number of rotatable bonds is 5. The predicted octanol–water partition coefficient (Wildman–Crippen LogP) is 2.10. The Balaban J connectivity index is 0.00000261. The Morgan fingerprint density at radius 3 is 2.37 bits per heavy atom. The van der Waals surface area contributed by atoms with E-state index >= 15 is 0 Å². The smallest absolute Gasteiger partial charge is 0.256 e. The maximum atomic E-state index is 14.5. The van der Waals surface area contributed by atoms with E-state index in [0.29, 0.717) is 32.1 Å². The van der Waals surface area contributed by atoms with Gasteiger partial charge in [-0.3, -0.25) is 4.79 Å². The number of sulfonamides is 1. The van der Waals surface area contributed by atoms with Gasteiger partial charge in [0, 0.05) is 26.2 Å². The molecule has 0 unspecified atom stereocenters. The summed E-state index contributed by atoms with van der Waals surface area (Å²) in [5, 5.41) is 3.12. The number of nitrogens with one attached hydrogen (secondary N) is 1. The summed E-state index contributed by atoms with van der Waals surface area (Å²) >= 11 is 0. The first-order chi connectivity index (χ1) is 12.4. The molecule has 2 aliphatic heterocycles. The van der Waals surface area contributed by atoms with E-state index in [2.05, 4.69) is 5.32 Å². The number of amides is 1. The van der Waals surface area contributed by atoms with Crippen molar-refractivity contribution < 1.29 is 17.6 Å². The molecular weight excluding hydrogens is 393 g/mol. The van der Waals surface area contributed by atoms with Gasteiger partial charge in [-0.25, -0.2) is 12.8 Å². The van der Waals surface area contributed by atoms with E-state index in [9.17, 15) is 17.6 Å². The molecule has 2 saturated heterocycles. The third kappa shape index (κ3) is 4.80. The van der Waals surface area contributed by atoms with Crippen molar-refractivity contribution in [1.82, 2.24) is 14.5 Å². The van der Waals surface area contributed by atoms with Crippen molar-refractivity contribution in [1.29, 1.82) is 0 Å². The van der Waals surface area contributed by atoms with Crippen LogP contribution in [0.1, 0.15) is 36.0 Å². The Hall–Kier alpha value is -1.22. The summed E-state index contributed by atoms with van der Waals surface area (Å²) < 4.78 is 41.5. The zero-order valence-electron chi connectivity index (χ0n) is 15.5. The fraction of sp³-hybridized carbons (Fsp3) is 0.611. The molecule has 6 nitrogen and oxygen atoms in total. The number of carbonyl (C=O) groups excluding carboxylic acids is 1. The highest BCUT2D eigenvalue weighted by atomic mass is 35.5. The molecule has 0 aliphatic carbocycles. The molecule has 0 aromatic heterocycles. The van der Waals surface area contributed by atoms with Crippen LogP contribution in [0, 0.1) is 11.7 Å². The summed E-state index contributed by atoms with van der Waals surface area (Å²) in [6.45, 7) is 2.99. The first kappa shape index (κ1) is 22.1. The highest BCUT2D eigenvalue weighted by Crippen LogP contribution is 2.25. The van der Waals surface area contributed by atoms with E-state index in [1.54, 1.807) is 4.90 Å². The summed E-state index contributed by atoms with van der Waals surface area (Å²) in [7, 11) is -1.85. The van der Waals surface area contributed by atoms with Crippen molar-refractivity contribution in [2.75, 3.05) is 39.8 Å². The molecule has 1 aromatic rings. The van der Waals surface area contributed by atoms with E-state index in [1.165, 1.54) is 16.4 Å². The lowest BCUT2D eigenvalue weighted by Crippen LogP contribution is -2.40. The lowest BCUT2D eigenvalue weighted by molar-refractivity contribution is 0.0788. The van der Waals surface area contributed by atoms with Gasteiger partial charge < -0.3 is 10.2 Å². The van der Waals surface area contributed by atoms with Gasteiger partial charge in [-0.15, -0.1) is 12.4 Å². The summed E-state index contributed by atoms with van der Waals surface area (Å²) in [5.41, 5.74) is -0.0569. The van der Waals surface area contributed by atoms with Crippen LogP contribution in [0.25, 0.3) is 0 Å². The fourth-order valence-electron chi connectivity index (χ4n) is 3.71. The van der Waals surface area contributed by atoms with E-state index in [-0.39, 0.29) is 28.8 Å². The predicted molar refractivity (Wildman–Crippen MR) is 104 cm³/mol. The number of benzene rings is 1. The molecule has 27 heavy (non-hydrogen) atoms. The van der Waals surface area contributed by atoms with Crippen LogP contribution in [0.2, 0.25) is 0 Å². The van der Waals surface area contributed by atoms with Crippen LogP contribution in [0.15, 0.2) is 23.1 Å². The molecule has 3 rings (SSSR count). The van der Waals surface area contributed by atoms with Crippen molar-refractivity contribution in [3.63, 3.8) is 0 Å². The summed E-state index contributed by atoms with van der Waals surface area (Å²) in [6, 6.07) is 3.64. The SMILES string of the molecule is CNCC1CCN(S(=O)(=O)c2ccc(C(=O)N3CCCC3)c(F)c2)CC1.Cl. The number of nitrogens with zero attached hydrogens (tertiary/aromatic N) is 2. The molecule has 2 aliphatic rings. The fourth-order valence-corrected chi connectivity index (χ4v) is 5.19. The van der Waals surface area contributed by atoms with Gasteiger partial charge in [0.05, 0.1) is 10.5 Å². The van der Waals surface area contributed by atoms with Crippen LogP contribution < -0.4 is 5.32 Å². The minimum Gasteiger partial charge on any atom is -0.339 e. The first-order valence-electron chi connectivity index (χ1n) is 9.17. The Kier molecular flexibility index (Phi) is 7.62. The largest absolute Gasteiger partial charge is 0.339 e. The molecular formula is C18H27ClFN3O3S. The Morgan fingerprint density at radius 1 is 1.19 bits per heavy atom. The first-order valence-corrected chi connectivity index (χ1v) is 10.6. The Morgan fingerprint density at radius 2 is 1.81 bits per heavy atom. The third-order valence-corrected chi connectivity index (χ3v) is 7.16. The van der Waals surface area contributed by atoms with Crippen LogP contribution >= 0.6 is 12.4 Å². The summed E-state index contributed by atoms with van der Waals surface area (Å²) in [5.74, 6) is -0.673. The van der Waals surface area contributed by atoms with Crippen molar-refractivity contribution in [3.05, 3.63) is 29.6 Å². The molecule has 0 spiro atoms. The normalized spacial score (nSPS) is 19.1. The molecule has 0 atom stereocenters. The quantitative estimate of drug-likeness (QED) is 0.793. The van der Waals surface area contributed by atoms with Gasteiger partial charge in [-0.2, -0.15) is 4.31 Å². The molecule has 1 N–H and O–H groups in total. The molecule has 0 bridgehead atoms. The van der Waals surface area contributed by atoms with E-state index in [1.807, 2.05) is 7.05 Å². The van der Waals surface area contributed by atoms with Gasteiger partial charge in [-0.1, -0.05) is 0 Å². The van der Waals surface area contributed by atoms with Gasteiger partial charge in [0.2, 0.25) is 10.0 Å². The van der Waals surface area contributed by atoms with E-state index < -0.39 is 15.8 Å². The average molecular weight is 420 g/mol. The second-order valence-corrected chi connectivity index (χ2v) is 8.98. The lowest BCUT2D eigenvalue weighted by atomic mass is 9.98. The third-order valence-electron chi connectivity index (χ3n) is 5.27. The number of hydrogen-bond donors (Lipinski definition) is 1. The van der Waals surface area contributed by atoms with Crippen LogP contribution in [-0.2, 0) is 10.0 Å². The zero-order chi connectivity index (χ0) is 18.7. The molecule has 1 amide bonds. The molecule has 2 heterocycles. The highest BCUT2D eigenvalue weighted by molar-refractivity contribution is 7.89. The van der Waals surface area contributed by atoms with Gasteiger partial charge in [0.15, 0.2) is 0 Å². The summed E-state index contributed by atoms with van der Waals surface area (Å²) in [4.78, 5) is 13.9. The highest BCUT2D eigenvalue weighted by Gasteiger charge is 2.30. The monoisotopic (exact) mass is 419 g/mol. The second kappa shape index (κ2) is 9.32. The topological polar surface area (TPSA) is 69.7 Å². The standard InChI is InChI=1S/C18H26FN3O3S.ClH/c1-20-13-14-6-10-22(11-7-14)26(24,25)15-4-5-16(17(19)12-15)18(23)21-8-2-3-9-21;/h4-5,12,14,20H,2-3,6-11,13H2,1H3;1H. The Bertz CT molecular complexity index is 761. The molecule has 152 valence electrons. The molecule has 9 heteroatoms.